The van der Waals surface area contributed by atoms with Gasteiger partial charge in [0.25, 0.3) is 0 Å². The van der Waals surface area contributed by atoms with Crippen molar-refractivity contribution in [2.75, 3.05) is 11.1 Å². The van der Waals surface area contributed by atoms with Crippen LogP contribution in [0.2, 0.25) is 0 Å². The van der Waals surface area contributed by atoms with E-state index in [2.05, 4.69) is 5.32 Å². The van der Waals surface area contributed by atoms with Crippen molar-refractivity contribution in [3.8, 4) is 0 Å². The van der Waals surface area contributed by atoms with Crippen molar-refractivity contribution in [1.82, 2.24) is 0 Å². The molecule has 0 heterocycles. The maximum absolute atomic E-state index is 13.2. The fourth-order valence-electron chi connectivity index (χ4n) is 2.18. The first kappa shape index (κ1) is 12.1. The van der Waals surface area contributed by atoms with Crippen LogP contribution >= 0.6 is 0 Å². The molecule has 3 nitrogen and oxygen atoms in total. The van der Waals surface area contributed by atoms with Crippen molar-refractivity contribution >= 4 is 11.4 Å². The van der Waals surface area contributed by atoms with Crippen LogP contribution in [0.1, 0.15) is 25.7 Å². The fraction of sp³-hybridized carbons (Fsp3) is 0.500. The third-order valence-corrected chi connectivity index (χ3v) is 3.16. The Bertz CT molecular complexity index is 412. The van der Waals surface area contributed by atoms with E-state index in [9.17, 15) is 13.9 Å². The van der Waals surface area contributed by atoms with Gasteiger partial charge in [0.1, 0.15) is 5.82 Å². The summed E-state index contributed by atoms with van der Waals surface area (Å²) < 4.78 is 26.3. The molecule has 2 atom stereocenters. The number of rotatable bonds is 2. The average molecular weight is 242 g/mol. The summed E-state index contributed by atoms with van der Waals surface area (Å²) in [6, 6.07) is 1.71. The lowest BCUT2D eigenvalue weighted by Crippen LogP contribution is -2.36. The average Bonchev–Trinajstić information content (AvgIpc) is 2.28. The monoisotopic (exact) mass is 242 g/mol. The van der Waals surface area contributed by atoms with E-state index in [0.717, 1.165) is 31.4 Å². The molecule has 2 rings (SSSR count). The summed E-state index contributed by atoms with van der Waals surface area (Å²) in [4.78, 5) is 0. The number of aliphatic hydroxyl groups excluding tert-OH is 1. The quantitative estimate of drug-likeness (QED) is 0.697. The summed E-state index contributed by atoms with van der Waals surface area (Å²) >= 11 is 0. The first-order valence-electron chi connectivity index (χ1n) is 5.77. The molecule has 0 radical (unpaired) electrons. The maximum Gasteiger partial charge on any atom is 0.151 e. The highest BCUT2D eigenvalue weighted by Gasteiger charge is 2.23. The second-order valence-electron chi connectivity index (χ2n) is 4.45. The van der Waals surface area contributed by atoms with Gasteiger partial charge in [-0.15, -0.1) is 0 Å². The van der Waals surface area contributed by atoms with E-state index in [1.807, 2.05) is 0 Å². The molecule has 17 heavy (non-hydrogen) atoms. The standard InChI is InChI=1S/C12H16F2N2O/c13-7-5-8(14)12(15)10(6-7)16-9-3-1-2-4-11(9)17/h5-6,9,11,16-17H,1-4,15H2. The van der Waals surface area contributed by atoms with Crippen molar-refractivity contribution in [2.24, 2.45) is 0 Å². The molecule has 1 aliphatic carbocycles. The zero-order chi connectivity index (χ0) is 12.4. The first-order chi connectivity index (χ1) is 8.08. The molecule has 5 heteroatoms. The number of anilines is 2. The molecule has 0 saturated heterocycles. The highest BCUT2D eigenvalue weighted by Crippen LogP contribution is 2.28. The molecule has 1 aliphatic rings. The highest BCUT2D eigenvalue weighted by atomic mass is 19.1. The summed E-state index contributed by atoms with van der Waals surface area (Å²) in [6.45, 7) is 0. The molecule has 1 aromatic carbocycles. The molecule has 0 bridgehead atoms. The van der Waals surface area contributed by atoms with E-state index in [4.69, 9.17) is 5.73 Å². The number of nitrogens with one attached hydrogen (secondary N) is 1. The van der Waals surface area contributed by atoms with Gasteiger partial charge < -0.3 is 16.2 Å². The van der Waals surface area contributed by atoms with Crippen LogP contribution in [0, 0.1) is 11.6 Å². The maximum atomic E-state index is 13.2. The Morgan fingerprint density at radius 1 is 1.24 bits per heavy atom. The number of aliphatic hydroxyl groups is 1. The molecule has 94 valence electrons. The lowest BCUT2D eigenvalue weighted by atomic mass is 9.92. The van der Waals surface area contributed by atoms with Crippen molar-refractivity contribution < 1.29 is 13.9 Å². The van der Waals surface area contributed by atoms with Crippen molar-refractivity contribution in [3.63, 3.8) is 0 Å². The Labute approximate surface area is 98.6 Å². The zero-order valence-electron chi connectivity index (χ0n) is 9.42. The lowest BCUT2D eigenvalue weighted by Gasteiger charge is -2.29. The number of hydrogen-bond donors (Lipinski definition) is 3. The molecular weight excluding hydrogens is 226 g/mol. The van der Waals surface area contributed by atoms with Crippen molar-refractivity contribution in [1.29, 1.82) is 0 Å². The third-order valence-electron chi connectivity index (χ3n) is 3.16. The van der Waals surface area contributed by atoms with Crippen LogP contribution in [-0.4, -0.2) is 17.3 Å². The lowest BCUT2D eigenvalue weighted by molar-refractivity contribution is 0.116. The number of halogens is 2. The number of nitrogen functional groups attached to an aromatic ring is 1. The van der Waals surface area contributed by atoms with Gasteiger partial charge in [-0.05, 0) is 18.9 Å². The van der Waals surface area contributed by atoms with Crippen LogP contribution in [0.5, 0.6) is 0 Å². The Morgan fingerprint density at radius 3 is 2.65 bits per heavy atom. The molecule has 0 aromatic heterocycles. The van der Waals surface area contributed by atoms with Crippen LogP contribution in [0.4, 0.5) is 20.2 Å². The molecule has 1 saturated carbocycles. The summed E-state index contributed by atoms with van der Waals surface area (Å²) in [5.74, 6) is -1.46. The predicted octanol–water partition coefficient (Wildman–Crippen LogP) is 2.26. The minimum atomic E-state index is -0.780. The summed E-state index contributed by atoms with van der Waals surface area (Å²) in [5.41, 5.74) is 5.64. The van der Waals surface area contributed by atoms with Crippen LogP contribution in [0.25, 0.3) is 0 Å². The third kappa shape index (κ3) is 2.66. The largest absolute Gasteiger partial charge is 0.395 e. The van der Waals surface area contributed by atoms with E-state index in [1.165, 1.54) is 0 Å². The Balaban J connectivity index is 2.17. The van der Waals surface area contributed by atoms with Gasteiger partial charge in [0, 0.05) is 6.07 Å². The Kier molecular flexibility index (Phi) is 3.47. The van der Waals surface area contributed by atoms with Crippen LogP contribution in [0.15, 0.2) is 12.1 Å². The normalized spacial score (nSPS) is 24.6. The molecule has 0 amide bonds. The molecule has 0 aliphatic heterocycles. The molecule has 1 fully saturated rings. The number of nitrogens with two attached hydrogens (primary N) is 1. The zero-order valence-corrected chi connectivity index (χ0v) is 9.42. The molecule has 4 N–H and O–H groups in total. The van der Waals surface area contributed by atoms with E-state index in [-0.39, 0.29) is 17.4 Å². The molecule has 2 unspecified atom stereocenters. The number of hydrogen-bond acceptors (Lipinski definition) is 3. The van der Waals surface area contributed by atoms with Crippen molar-refractivity contribution in [2.45, 2.75) is 37.8 Å². The fourth-order valence-corrected chi connectivity index (χ4v) is 2.18. The Hall–Kier alpha value is -1.36. The van der Waals surface area contributed by atoms with E-state index in [0.29, 0.717) is 6.42 Å². The van der Waals surface area contributed by atoms with Gasteiger partial charge in [-0.1, -0.05) is 12.8 Å². The summed E-state index contributed by atoms with van der Waals surface area (Å²) in [5, 5.41) is 12.7. The second kappa shape index (κ2) is 4.87. The van der Waals surface area contributed by atoms with Crippen molar-refractivity contribution in [3.05, 3.63) is 23.8 Å². The van der Waals surface area contributed by atoms with Crippen LogP contribution in [0.3, 0.4) is 0 Å². The van der Waals surface area contributed by atoms with Gasteiger partial charge in [0.2, 0.25) is 0 Å². The van der Waals surface area contributed by atoms with E-state index >= 15 is 0 Å². The van der Waals surface area contributed by atoms with Gasteiger partial charge in [-0.2, -0.15) is 0 Å². The predicted molar refractivity (Wildman–Crippen MR) is 62.7 cm³/mol. The first-order valence-corrected chi connectivity index (χ1v) is 5.77. The Morgan fingerprint density at radius 2 is 1.94 bits per heavy atom. The molecular formula is C12H16F2N2O. The smallest absolute Gasteiger partial charge is 0.151 e. The molecule has 0 spiro atoms. The minimum absolute atomic E-state index is 0.107. The van der Waals surface area contributed by atoms with Gasteiger partial charge >= 0.3 is 0 Å². The topological polar surface area (TPSA) is 58.3 Å². The van der Waals surface area contributed by atoms with Crippen LogP contribution in [-0.2, 0) is 0 Å². The summed E-state index contributed by atoms with van der Waals surface area (Å²) in [7, 11) is 0. The number of benzene rings is 1. The minimum Gasteiger partial charge on any atom is -0.395 e. The molecule has 1 aromatic rings. The van der Waals surface area contributed by atoms with Gasteiger partial charge in [0.05, 0.1) is 23.5 Å². The van der Waals surface area contributed by atoms with Crippen LogP contribution < -0.4 is 11.1 Å². The SMILES string of the molecule is Nc1c(F)cc(F)cc1NC1CCCCC1O. The van der Waals surface area contributed by atoms with Gasteiger partial charge in [0.15, 0.2) is 5.82 Å². The van der Waals surface area contributed by atoms with E-state index in [1.54, 1.807) is 0 Å². The van der Waals surface area contributed by atoms with Gasteiger partial charge in [-0.3, -0.25) is 0 Å². The highest BCUT2D eigenvalue weighted by molar-refractivity contribution is 5.67. The summed E-state index contributed by atoms with van der Waals surface area (Å²) in [6.07, 6.45) is 2.96. The second-order valence-corrected chi connectivity index (χ2v) is 4.45. The van der Waals surface area contributed by atoms with Gasteiger partial charge in [-0.25, -0.2) is 8.78 Å². The van der Waals surface area contributed by atoms with E-state index < -0.39 is 17.7 Å².